The van der Waals surface area contributed by atoms with Crippen LogP contribution in [0.1, 0.15) is 25.7 Å². The number of H-pyrrole nitrogens is 1. The molecule has 5 rings (SSSR count). The lowest BCUT2D eigenvalue weighted by Gasteiger charge is -2.21. The molecule has 3 aromatic rings. The zero-order chi connectivity index (χ0) is 16.8. The molecule has 2 aliphatic rings. The molecule has 2 aromatic carbocycles. The molecular formula is C21H21N3O. The molecule has 25 heavy (non-hydrogen) atoms. The summed E-state index contributed by atoms with van der Waals surface area (Å²) in [5, 5.41) is 3.18. The molecule has 0 spiro atoms. The van der Waals surface area contributed by atoms with E-state index in [0.29, 0.717) is 5.92 Å². The average molecular weight is 331 g/mol. The minimum Gasteiger partial charge on any atom is -0.338 e. The predicted octanol–water partition coefficient (Wildman–Crippen LogP) is 4.60. The van der Waals surface area contributed by atoms with Crippen LogP contribution in [0.15, 0.2) is 48.5 Å². The average Bonchev–Trinajstić information content (AvgIpc) is 3.36. The van der Waals surface area contributed by atoms with Gasteiger partial charge in [-0.15, -0.1) is 0 Å². The maximum Gasteiger partial charge on any atom is 0.227 e. The first-order valence-corrected chi connectivity index (χ1v) is 9.13. The highest BCUT2D eigenvalue weighted by atomic mass is 16.1. The molecule has 4 heteroatoms. The van der Waals surface area contributed by atoms with Crippen LogP contribution in [0.2, 0.25) is 0 Å². The van der Waals surface area contributed by atoms with Gasteiger partial charge in [0.1, 0.15) is 5.82 Å². The fraction of sp³-hybridized carbons (Fsp3) is 0.333. The summed E-state index contributed by atoms with van der Waals surface area (Å²) in [7, 11) is 0. The number of amides is 1. The molecule has 2 aliphatic carbocycles. The van der Waals surface area contributed by atoms with E-state index in [1.807, 2.05) is 48.5 Å². The monoisotopic (exact) mass is 331 g/mol. The number of para-hydroxylation sites is 3. The minimum atomic E-state index is 0.177. The zero-order valence-corrected chi connectivity index (χ0v) is 14.0. The first kappa shape index (κ1) is 14.7. The first-order valence-electron chi connectivity index (χ1n) is 9.13. The summed E-state index contributed by atoms with van der Waals surface area (Å²) in [5.41, 5.74) is 3.73. The van der Waals surface area contributed by atoms with Crippen LogP contribution in [0, 0.1) is 17.8 Å². The smallest absolute Gasteiger partial charge is 0.227 e. The van der Waals surface area contributed by atoms with Gasteiger partial charge in [0.2, 0.25) is 5.91 Å². The molecule has 3 atom stereocenters. The van der Waals surface area contributed by atoms with Crippen LogP contribution in [0.5, 0.6) is 0 Å². The Hall–Kier alpha value is -2.62. The number of carbonyl (C=O) groups is 1. The second-order valence-electron chi connectivity index (χ2n) is 7.42. The van der Waals surface area contributed by atoms with Gasteiger partial charge in [0.25, 0.3) is 0 Å². The summed E-state index contributed by atoms with van der Waals surface area (Å²) in [4.78, 5) is 20.9. The first-order chi connectivity index (χ1) is 12.3. The summed E-state index contributed by atoms with van der Waals surface area (Å²) in [5.74, 6) is 2.51. The number of nitrogens with one attached hydrogen (secondary N) is 2. The maximum atomic E-state index is 12.8. The molecule has 2 N–H and O–H groups in total. The summed E-state index contributed by atoms with van der Waals surface area (Å²) >= 11 is 0. The van der Waals surface area contributed by atoms with Crippen LogP contribution in [-0.2, 0) is 4.79 Å². The number of fused-ring (bicyclic) bond motifs is 3. The van der Waals surface area contributed by atoms with Crippen molar-refractivity contribution in [3.63, 3.8) is 0 Å². The van der Waals surface area contributed by atoms with Crippen molar-refractivity contribution in [1.29, 1.82) is 0 Å². The van der Waals surface area contributed by atoms with Crippen LogP contribution in [0.3, 0.4) is 0 Å². The summed E-state index contributed by atoms with van der Waals surface area (Å²) in [6.45, 7) is 0. The molecule has 126 valence electrons. The summed E-state index contributed by atoms with van der Waals surface area (Å²) in [6.07, 6.45) is 4.82. The van der Waals surface area contributed by atoms with Crippen molar-refractivity contribution in [3.8, 4) is 11.4 Å². The lowest BCUT2D eigenvalue weighted by atomic mass is 9.88. The third-order valence-corrected chi connectivity index (χ3v) is 5.90. The van der Waals surface area contributed by atoms with Gasteiger partial charge >= 0.3 is 0 Å². The summed E-state index contributed by atoms with van der Waals surface area (Å²) < 4.78 is 0. The van der Waals surface area contributed by atoms with Gasteiger partial charge in [-0.1, -0.05) is 30.7 Å². The number of anilines is 1. The lowest BCUT2D eigenvalue weighted by molar-refractivity contribution is -0.121. The molecule has 2 saturated carbocycles. The Morgan fingerprint density at radius 3 is 2.68 bits per heavy atom. The van der Waals surface area contributed by atoms with Gasteiger partial charge in [-0.2, -0.15) is 0 Å². The fourth-order valence-corrected chi connectivity index (χ4v) is 4.67. The molecule has 1 aromatic heterocycles. The van der Waals surface area contributed by atoms with Gasteiger partial charge in [-0.25, -0.2) is 4.98 Å². The SMILES string of the molecule is O=C(Nc1ccccc1-c1nc2ccccc2[nH]1)C1CC2CCC1C2. The van der Waals surface area contributed by atoms with E-state index in [4.69, 9.17) is 0 Å². The molecule has 0 radical (unpaired) electrons. The molecule has 2 bridgehead atoms. The number of aromatic amines is 1. The van der Waals surface area contributed by atoms with Gasteiger partial charge in [-0.05, 0) is 55.4 Å². The van der Waals surface area contributed by atoms with E-state index >= 15 is 0 Å². The molecule has 1 heterocycles. The van der Waals surface area contributed by atoms with Gasteiger partial charge in [0, 0.05) is 11.5 Å². The highest BCUT2D eigenvalue weighted by Gasteiger charge is 2.43. The largest absolute Gasteiger partial charge is 0.338 e. The van der Waals surface area contributed by atoms with E-state index in [2.05, 4.69) is 15.3 Å². The second kappa shape index (κ2) is 5.73. The minimum absolute atomic E-state index is 0.177. The highest BCUT2D eigenvalue weighted by Crippen LogP contribution is 2.48. The Bertz CT molecular complexity index is 912. The molecular weight excluding hydrogens is 310 g/mol. The molecule has 4 nitrogen and oxygen atoms in total. The van der Waals surface area contributed by atoms with Crippen LogP contribution < -0.4 is 5.32 Å². The van der Waals surface area contributed by atoms with Crippen molar-refractivity contribution < 1.29 is 4.79 Å². The van der Waals surface area contributed by atoms with Crippen molar-refractivity contribution in [2.24, 2.45) is 17.8 Å². The van der Waals surface area contributed by atoms with Crippen molar-refractivity contribution in [2.45, 2.75) is 25.7 Å². The molecule has 0 saturated heterocycles. The number of imidazole rings is 1. The Morgan fingerprint density at radius 2 is 1.88 bits per heavy atom. The third-order valence-electron chi connectivity index (χ3n) is 5.90. The van der Waals surface area contributed by atoms with E-state index in [1.165, 1.54) is 19.3 Å². The fourth-order valence-electron chi connectivity index (χ4n) is 4.67. The van der Waals surface area contributed by atoms with Gasteiger partial charge in [0.05, 0.1) is 16.7 Å². The Balaban J connectivity index is 1.45. The zero-order valence-electron chi connectivity index (χ0n) is 14.0. The number of nitrogens with zero attached hydrogens (tertiary/aromatic N) is 1. The molecule has 0 aliphatic heterocycles. The number of aromatic nitrogens is 2. The Morgan fingerprint density at radius 1 is 1.04 bits per heavy atom. The topological polar surface area (TPSA) is 57.8 Å². The van der Waals surface area contributed by atoms with Crippen LogP contribution >= 0.6 is 0 Å². The standard InChI is InChI=1S/C21H21N3O/c25-21(16-12-13-9-10-14(16)11-13)24-17-6-2-1-5-15(17)20-22-18-7-3-4-8-19(18)23-20/h1-8,13-14,16H,9-12H2,(H,22,23)(H,24,25). The van der Waals surface area contributed by atoms with Crippen LogP contribution in [0.25, 0.3) is 22.4 Å². The van der Waals surface area contributed by atoms with E-state index in [-0.39, 0.29) is 11.8 Å². The number of hydrogen-bond donors (Lipinski definition) is 2. The van der Waals surface area contributed by atoms with Crippen LogP contribution in [0.4, 0.5) is 5.69 Å². The number of hydrogen-bond acceptors (Lipinski definition) is 2. The number of benzene rings is 2. The van der Waals surface area contributed by atoms with Gasteiger partial charge < -0.3 is 10.3 Å². The third kappa shape index (κ3) is 2.53. The highest BCUT2D eigenvalue weighted by molar-refractivity contribution is 5.97. The Kier molecular flexibility index (Phi) is 3.37. The summed E-state index contributed by atoms with van der Waals surface area (Å²) in [6, 6.07) is 15.9. The van der Waals surface area contributed by atoms with E-state index < -0.39 is 0 Å². The van der Waals surface area contributed by atoms with E-state index in [0.717, 1.165) is 40.4 Å². The Labute approximate surface area is 146 Å². The van der Waals surface area contributed by atoms with Gasteiger partial charge in [0.15, 0.2) is 0 Å². The molecule has 1 amide bonds. The van der Waals surface area contributed by atoms with E-state index in [9.17, 15) is 4.79 Å². The van der Waals surface area contributed by atoms with Crippen LogP contribution in [-0.4, -0.2) is 15.9 Å². The normalized spacial score (nSPS) is 24.7. The van der Waals surface area contributed by atoms with Crippen molar-refractivity contribution >= 4 is 22.6 Å². The maximum absolute atomic E-state index is 12.8. The van der Waals surface area contributed by atoms with Crippen molar-refractivity contribution in [2.75, 3.05) is 5.32 Å². The number of carbonyl (C=O) groups excluding carboxylic acids is 1. The van der Waals surface area contributed by atoms with Gasteiger partial charge in [-0.3, -0.25) is 4.79 Å². The lowest BCUT2D eigenvalue weighted by Crippen LogP contribution is -2.27. The second-order valence-corrected chi connectivity index (χ2v) is 7.42. The predicted molar refractivity (Wildman–Crippen MR) is 99.1 cm³/mol. The van der Waals surface area contributed by atoms with Crippen molar-refractivity contribution in [3.05, 3.63) is 48.5 Å². The molecule has 2 fully saturated rings. The number of rotatable bonds is 3. The quantitative estimate of drug-likeness (QED) is 0.736. The van der Waals surface area contributed by atoms with Crippen molar-refractivity contribution in [1.82, 2.24) is 9.97 Å². The van der Waals surface area contributed by atoms with E-state index in [1.54, 1.807) is 0 Å². The molecule has 3 unspecified atom stereocenters.